The van der Waals surface area contributed by atoms with Gasteiger partial charge in [0.05, 0.1) is 0 Å². The third-order valence-corrected chi connectivity index (χ3v) is 5.81. The second kappa shape index (κ2) is 9.07. The van der Waals surface area contributed by atoms with Gasteiger partial charge in [0.15, 0.2) is 0 Å². The molecule has 0 bridgehead atoms. The number of aromatic hydroxyl groups is 2. The lowest BCUT2D eigenvalue weighted by atomic mass is 9.78. The van der Waals surface area contributed by atoms with Gasteiger partial charge in [-0.05, 0) is 59.9 Å². The number of hydrogen-bond donors (Lipinski definition) is 2. The van der Waals surface area contributed by atoms with Crippen molar-refractivity contribution in [1.82, 2.24) is 0 Å². The van der Waals surface area contributed by atoms with Gasteiger partial charge in [-0.3, -0.25) is 0 Å². The van der Waals surface area contributed by atoms with Crippen molar-refractivity contribution < 1.29 is 10.2 Å². The van der Waals surface area contributed by atoms with Crippen molar-refractivity contribution in [2.45, 2.75) is 85.5 Å². The molecule has 0 amide bonds. The summed E-state index contributed by atoms with van der Waals surface area (Å²) in [7, 11) is 0. The molecule has 0 fully saturated rings. The van der Waals surface area contributed by atoms with Crippen molar-refractivity contribution in [3.05, 3.63) is 64.2 Å². The van der Waals surface area contributed by atoms with Crippen molar-refractivity contribution in [3.8, 4) is 11.5 Å². The fourth-order valence-corrected chi connectivity index (χ4v) is 4.04. The number of benzene rings is 2. The van der Waals surface area contributed by atoms with Crippen LogP contribution in [0.15, 0.2) is 30.8 Å². The Labute approximate surface area is 177 Å². The molecule has 0 aliphatic heterocycles. The maximum absolute atomic E-state index is 11.3. The highest BCUT2D eigenvalue weighted by molar-refractivity contribution is 5.70. The molecule has 2 aromatic carbocycles. The van der Waals surface area contributed by atoms with Crippen LogP contribution in [0.3, 0.4) is 0 Å². The Balaban J connectivity index is 2.83. The molecule has 0 heterocycles. The van der Waals surface area contributed by atoms with Crippen molar-refractivity contribution >= 4 is 5.57 Å². The normalized spacial score (nSPS) is 12.8. The van der Waals surface area contributed by atoms with E-state index in [0.717, 1.165) is 53.5 Å². The minimum Gasteiger partial charge on any atom is -0.507 e. The van der Waals surface area contributed by atoms with Crippen LogP contribution in [0.25, 0.3) is 5.57 Å². The van der Waals surface area contributed by atoms with Crippen LogP contribution in [0.4, 0.5) is 0 Å². The van der Waals surface area contributed by atoms with Gasteiger partial charge in [-0.1, -0.05) is 72.7 Å². The average Bonchev–Trinajstić information content (AvgIpc) is 2.66. The van der Waals surface area contributed by atoms with Gasteiger partial charge in [0.1, 0.15) is 11.5 Å². The van der Waals surface area contributed by atoms with Gasteiger partial charge in [-0.2, -0.15) is 0 Å². The van der Waals surface area contributed by atoms with Crippen LogP contribution in [-0.4, -0.2) is 10.2 Å². The molecular formula is C27H38O2. The molecule has 1 unspecified atom stereocenters. The Kier molecular flexibility index (Phi) is 7.21. The Morgan fingerprint density at radius 1 is 0.897 bits per heavy atom. The molecule has 0 radical (unpaired) electrons. The van der Waals surface area contributed by atoms with Crippen LogP contribution >= 0.6 is 0 Å². The Bertz CT molecular complexity index is 884. The monoisotopic (exact) mass is 394 g/mol. The van der Waals surface area contributed by atoms with E-state index in [2.05, 4.69) is 66.3 Å². The van der Waals surface area contributed by atoms with Gasteiger partial charge in [-0.25, -0.2) is 0 Å². The van der Waals surface area contributed by atoms with Gasteiger partial charge >= 0.3 is 0 Å². The molecule has 2 rings (SSSR count). The Morgan fingerprint density at radius 2 is 1.41 bits per heavy atom. The summed E-state index contributed by atoms with van der Waals surface area (Å²) in [5.41, 5.74) is 6.70. The quantitative estimate of drug-likeness (QED) is 0.511. The first-order chi connectivity index (χ1) is 13.5. The van der Waals surface area contributed by atoms with Crippen molar-refractivity contribution in [2.24, 2.45) is 0 Å². The number of rotatable bonds is 7. The van der Waals surface area contributed by atoms with E-state index >= 15 is 0 Å². The van der Waals surface area contributed by atoms with Gasteiger partial charge in [0.2, 0.25) is 0 Å². The first-order valence-electron chi connectivity index (χ1n) is 10.9. The molecule has 2 heteroatoms. The predicted octanol–water partition coefficient (Wildman–Crippen LogP) is 7.49. The van der Waals surface area contributed by atoms with E-state index < -0.39 is 0 Å². The van der Waals surface area contributed by atoms with E-state index in [1.54, 1.807) is 0 Å². The summed E-state index contributed by atoms with van der Waals surface area (Å²) < 4.78 is 0. The highest BCUT2D eigenvalue weighted by atomic mass is 16.3. The molecule has 0 aromatic heterocycles. The van der Waals surface area contributed by atoms with Gasteiger partial charge in [0, 0.05) is 22.6 Å². The maximum Gasteiger partial charge on any atom is 0.126 e. The zero-order valence-corrected chi connectivity index (χ0v) is 19.3. The molecule has 2 N–H and O–H groups in total. The Hall–Kier alpha value is -2.22. The first-order valence-corrected chi connectivity index (χ1v) is 10.9. The maximum atomic E-state index is 11.3. The smallest absolute Gasteiger partial charge is 0.126 e. The SMILES string of the molecule is C=C(C)c1cc(CC)cc(C(CCC)c2cc(CC)cc(C(C)(C)C)c2O)c1O. The van der Waals surface area contributed by atoms with Crippen LogP contribution in [0.2, 0.25) is 0 Å². The second-order valence-corrected chi connectivity index (χ2v) is 9.24. The molecule has 2 aromatic rings. The lowest BCUT2D eigenvalue weighted by molar-refractivity contribution is 0.431. The van der Waals surface area contributed by atoms with Crippen LogP contribution < -0.4 is 0 Å². The molecule has 2 nitrogen and oxygen atoms in total. The van der Waals surface area contributed by atoms with Crippen molar-refractivity contribution in [1.29, 1.82) is 0 Å². The summed E-state index contributed by atoms with van der Waals surface area (Å²) in [6.07, 6.45) is 3.62. The summed E-state index contributed by atoms with van der Waals surface area (Å²) in [5, 5.41) is 22.4. The van der Waals surface area contributed by atoms with Crippen LogP contribution in [-0.2, 0) is 18.3 Å². The minimum atomic E-state index is -0.156. The van der Waals surface area contributed by atoms with E-state index in [1.165, 1.54) is 11.1 Å². The average molecular weight is 395 g/mol. The molecule has 158 valence electrons. The lowest BCUT2D eigenvalue weighted by Gasteiger charge is -2.27. The molecule has 1 atom stereocenters. The fraction of sp³-hybridized carbons (Fsp3) is 0.481. The number of hydrogen-bond acceptors (Lipinski definition) is 2. The van der Waals surface area contributed by atoms with Crippen LogP contribution in [0, 0.1) is 0 Å². The number of phenols is 2. The molecule has 0 aliphatic rings. The summed E-state index contributed by atoms with van der Waals surface area (Å²) in [6.45, 7) is 18.8. The largest absolute Gasteiger partial charge is 0.507 e. The molecular weight excluding hydrogens is 356 g/mol. The number of aryl methyl sites for hydroxylation is 2. The molecule has 0 aliphatic carbocycles. The topological polar surface area (TPSA) is 40.5 Å². The van der Waals surface area contributed by atoms with Crippen molar-refractivity contribution in [2.75, 3.05) is 0 Å². The lowest BCUT2D eigenvalue weighted by Crippen LogP contribution is -2.14. The summed E-state index contributed by atoms with van der Waals surface area (Å²) >= 11 is 0. The van der Waals surface area contributed by atoms with E-state index in [0.29, 0.717) is 11.5 Å². The number of allylic oxidation sites excluding steroid dienone is 1. The van der Waals surface area contributed by atoms with Crippen LogP contribution in [0.1, 0.15) is 101 Å². The summed E-state index contributed by atoms with van der Waals surface area (Å²) in [4.78, 5) is 0. The van der Waals surface area contributed by atoms with E-state index in [1.807, 2.05) is 13.0 Å². The van der Waals surface area contributed by atoms with Crippen molar-refractivity contribution in [3.63, 3.8) is 0 Å². The number of phenolic OH excluding ortho intramolecular Hbond substituents is 2. The third-order valence-electron chi connectivity index (χ3n) is 5.81. The zero-order valence-electron chi connectivity index (χ0n) is 19.3. The van der Waals surface area contributed by atoms with Gasteiger partial charge in [0.25, 0.3) is 0 Å². The highest BCUT2D eigenvalue weighted by Crippen LogP contribution is 2.45. The molecule has 29 heavy (non-hydrogen) atoms. The van der Waals surface area contributed by atoms with Gasteiger partial charge < -0.3 is 10.2 Å². The molecule has 0 saturated heterocycles. The fourth-order valence-electron chi connectivity index (χ4n) is 4.04. The van der Waals surface area contributed by atoms with Gasteiger partial charge in [-0.15, -0.1) is 0 Å². The summed E-state index contributed by atoms with van der Waals surface area (Å²) in [5.74, 6) is 0.607. The molecule has 0 saturated carbocycles. The molecule has 0 spiro atoms. The highest BCUT2D eigenvalue weighted by Gasteiger charge is 2.27. The minimum absolute atomic E-state index is 0.0581. The standard InChI is InChI=1S/C27H38O2/c1-9-12-20(22-14-18(10-2)13-21(17(4)5)25(22)28)23-15-19(11-3)16-24(26(23)29)27(6,7)8/h13-16,20,28-29H,4,9-12H2,1-3,5-8H3. The first kappa shape index (κ1) is 23.1. The second-order valence-electron chi connectivity index (χ2n) is 9.24. The Morgan fingerprint density at radius 3 is 1.86 bits per heavy atom. The predicted molar refractivity (Wildman–Crippen MR) is 125 cm³/mol. The third kappa shape index (κ3) is 4.86. The van der Waals surface area contributed by atoms with E-state index in [9.17, 15) is 10.2 Å². The summed E-state index contributed by atoms with van der Waals surface area (Å²) in [6, 6.07) is 8.40. The van der Waals surface area contributed by atoms with Crippen LogP contribution in [0.5, 0.6) is 11.5 Å². The zero-order chi connectivity index (χ0) is 21.9. The van der Waals surface area contributed by atoms with E-state index in [4.69, 9.17) is 0 Å². The van der Waals surface area contributed by atoms with E-state index in [-0.39, 0.29) is 11.3 Å².